The van der Waals surface area contributed by atoms with Crippen molar-refractivity contribution in [3.63, 3.8) is 0 Å². The Balaban J connectivity index is 1.68. The van der Waals surface area contributed by atoms with Crippen LogP contribution in [0.1, 0.15) is 19.8 Å². The molecule has 0 aromatic rings. The van der Waals surface area contributed by atoms with E-state index in [-0.39, 0.29) is 9.76 Å². The standard InChI is InChI=1S/C7H16O2Si/c1-2-3-4-10-9-6-7-5-8-7/h7H,2-6,10H2,1H3/t7-/m1/s1. The second-order valence-electron chi connectivity index (χ2n) is 2.74. The van der Waals surface area contributed by atoms with E-state index in [1.54, 1.807) is 0 Å². The van der Waals surface area contributed by atoms with Gasteiger partial charge in [0.15, 0.2) is 9.76 Å². The van der Waals surface area contributed by atoms with Crippen LogP contribution in [0.5, 0.6) is 0 Å². The molecular weight excluding hydrogens is 144 g/mol. The lowest BCUT2D eigenvalue weighted by molar-refractivity contribution is 0.272. The van der Waals surface area contributed by atoms with Crippen LogP contribution < -0.4 is 0 Å². The van der Waals surface area contributed by atoms with E-state index in [0.29, 0.717) is 6.10 Å². The maximum Gasteiger partial charge on any atom is 0.161 e. The number of epoxide rings is 1. The topological polar surface area (TPSA) is 21.8 Å². The fourth-order valence-electron chi connectivity index (χ4n) is 0.833. The van der Waals surface area contributed by atoms with Gasteiger partial charge >= 0.3 is 0 Å². The van der Waals surface area contributed by atoms with Crippen LogP contribution in [0.3, 0.4) is 0 Å². The summed E-state index contributed by atoms with van der Waals surface area (Å²) in [7, 11) is -0.182. The van der Waals surface area contributed by atoms with E-state index in [1.807, 2.05) is 0 Å². The molecule has 1 fully saturated rings. The molecule has 2 nitrogen and oxygen atoms in total. The predicted molar refractivity (Wildman–Crippen MR) is 44.0 cm³/mol. The zero-order valence-corrected chi connectivity index (χ0v) is 8.05. The van der Waals surface area contributed by atoms with Crippen LogP contribution in [-0.4, -0.2) is 29.1 Å². The van der Waals surface area contributed by atoms with Crippen LogP contribution in [0.2, 0.25) is 6.04 Å². The molecule has 1 rings (SSSR count). The average Bonchev–Trinajstić information content (AvgIpc) is 2.71. The number of unbranched alkanes of at least 4 members (excludes halogenated alkanes) is 1. The quantitative estimate of drug-likeness (QED) is 0.324. The van der Waals surface area contributed by atoms with Gasteiger partial charge in [-0.25, -0.2) is 0 Å². The molecule has 0 aromatic carbocycles. The van der Waals surface area contributed by atoms with E-state index in [0.717, 1.165) is 13.2 Å². The first-order valence-corrected chi connectivity index (χ1v) is 5.70. The third kappa shape index (κ3) is 4.03. The van der Waals surface area contributed by atoms with Gasteiger partial charge in [0.05, 0.1) is 13.2 Å². The smallest absolute Gasteiger partial charge is 0.161 e. The first-order valence-electron chi connectivity index (χ1n) is 4.13. The molecule has 1 atom stereocenters. The second-order valence-corrected chi connectivity index (χ2v) is 4.26. The molecule has 1 saturated heterocycles. The summed E-state index contributed by atoms with van der Waals surface area (Å²) in [5.74, 6) is 0. The van der Waals surface area contributed by atoms with Gasteiger partial charge < -0.3 is 9.16 Å². The van der Waals surface area contributed by atoms with Crippen LogP contribution in [0.4, 0.5) is 0 Å². The van der Waals surface area contributed by atoms with Gasteiger partial charge in [0.25, 0.3) is 0 Å². The van der Waals surface area contributed by atoms with Crippen molar-refractivity contribution >= 4 is 9.76 Å². The molecule has 1 aliphatic rings. The number of rotatable bonds is 6. The van der Waals surface area contributed by atoms with Crippen molar-refractivity contribution in [2.24, 2.45) is 0 Å². The Labute approximate surface area is 64.8 Å². The van der Waals surface area contributed by atoms with Gasteiger partial charge in [-0.05, 0) is 6.04 Å². The lowest BCUT2D eigenvalue weighted by atomic mass is 10.4. The Morgan fingerprint density at radius 3 is 3.10 bits per heavy atom. The SMILES string of the molecule is CCCC[SiH2]OC[C@H]1CO1. The normalized spacial score (nSPS) is 24.3. The maximum atomic E-state index is 5.47. The van der Waals surface area contributed by atoms with Crippen molar-refractivity contribution in [2.45, 2.75) is 31.9 Å². The molecule has 1 heterocycles. The van der Waals surface area contributed by atoms with E-state index < -0.39 is 0 Å². The van der Waals surface area contributed by atoms with Gasteiger partial charge in [-0.2, -0.15) is 0 Å². The Hall–Kier alpha value is 0.137. The zero-order valence-electron chi connectivity index (χ0n) is 6.64. The van der Waals surface area contributed by atoms with Crippen LogP contribution >= 0.6 is 0 Å². The summed E-state index contributed by atoms with van der Waals surface area (Å²) in [4.78, 5) is 0. The molecule has 0 radical (unpaired) electrons. The van der Waals surface area contributed by atoms with Crippen molar-refractivity contribution in [1.29, 1.82) is 0 Å². The summed E-state index contributed by atoms with van der Waals surface area (Å²) in [6.07, 6.45) is 3.11. The lowest BCUT2D eigenvalue weighted by Crippen LogP contribution is -2.04. The molecular formula is C7H16O2Si. The molecule has 0 spiro atoms. The fraction of sp³-hybridized carbons (Fsp3) is 1.00. The van der Waals surface area contributed by atoms with E-state index >= 15 is 0 Å². The summed E-state index contributed by atoms with van der Waals surface area (Å²) in [6.45, 7) is 4.02. The fourth-order valence-corrected chi connectivity index (χ4v) is 2.17. The van der Waals surface area contributed by atoms with Gasteiger partial charge in [0.2, 0.25) is 0 Å². The summed E-state index contributed by atoms with van der Waals surface area (Å²) in [6, 6.07) is 1.34. The number of ether oxygens (including phenoxy) is 1. The zero-order chi connectivity index (χ0) is 7.23. The highest BCUT2D eigenvalue weighted by atomic mass is 28.2. The van der Waals surface area contributed by atoms with Gasteiger partial charge in [-0.1, -0.05) is 19.8 Å². The Kier molecular flexibility index (Phi) is 4.02. The van der Waals surface area contributed by atoms with E-state index in [2.05, 4.69) is 6.92 Å². The minimum Gasteiger partial charge on any atom is -0.421 e. The molecule has 60 valence electrons. The van der Waals surface area contributed by atoms with Crippen molar-refractivity contribution in [3.8, 4) is 0 Å². The van der Waals surface area contributed by atoms with Crippen molar-refractivity contribution in [1.82, 2.24) is 0 Å². The minimum absolute atomic E-state index is 0.182. The molecule has 0 aromatic heterocycles. The Morgan fingerprint density at radius 2 is 2.50 bits per heavy atom. The second kappa shape index (κ2) is 4.88. The maximum absolute atomic E-state index is 5.47. The molecule has 0 aliphatic carbocycles. The highest BCUT2D eigenvalue weighted by molar-refractivity contribution is 6.26. The van der Waals surface area contributed by atoms with Crippen LogP contribution in [0.25, 0.3) is 0 Å². The summed E-state index contributed by atoms with van der Waals surface area (Å²) in [5.41, 5.74) is 0. The van der Waals surface area contributed by atoms with E-state index in [9.17, 15) is 0 Å². The largest absolute Gasteiger partial charge is 0.421 e. The molecule has 1 aliphatic heterocycles. The Morgan fingerprint density at radius 1 is 1.70 bits per heavy atom. The summed E-state index contributed by atoms with van der Waals surface area (Å²) >= 11 is 0. The lowest BCUT2D eigenvalue weighted by Gasteiger charge is -1.98. The average molecular weight is 160 g/mol. The number of hydrogen-bond acceptors (Lipinski definition) is 2. The van der Waals surface area contributed by atoms with Gasteiger partial charge in [-0.3, -0.25) is 0 Å². The monoisotopic (exact) mass is 160 g/mol. The highest BCUT2D eigenvalue weighted by Gasteiger charge is 2.21. The molecule has 0 saturated carbocycles. The predicted octanol–water partition coefficient (Wildman–Crippen LogP) is 0.704. The van der Waals surface area contributed by atoms with Crippen LogP contribution in [0.15, 0.2) is 0 Å². The van der Waals surface area contributed by atoms with Gasteiger partial charge in [0, 0.05) is 0 Å². The summed E-state index contributed by atoms with van der Waals surface area (Å²) < 4.78 is 10.5. The van der Waals surface area contributed by atoms with Crippen molar-refractivity contribution < 1.29 is 9.16 Å². The Bertz CT molecular complexity index is 83.7. The molecule has 0 unspecified atom stereocenters. The first-order chi connectivity index (χ1) is 4.93. The molecule has 3 heteroatoms. The molecule has 10 heavy (non-hydrogen) atoms. The highest BCUT2D eigenvalue weighted by Crippen LogP contribution is 2.08. The molecule has 0 amide bonds. The van der Waals surface area contributed by atoms with Crippen LogP contribution in [0, 0.1) is 0 Å². The van der Waals surface area contributed by atoms with E-state index in [1.165, 1.54) is 18.9 Å². The number of hydrogen-bond donors (Lipinski definition) is 0. The van der Waals surface area contributed by atoms with Crippen LogP contribution in [-0.2, 0) is 9.16 Å². The first kappa shape index (κ1) is 8.24. The van der Waals surface area contributed by atoms with Gasteiger partial charge in [-0.15, -0.1) is 0 Å². The van der Waals surface area contributed by atoms with Crippen molar-refractivity contribution in [2.75, 3.05) is 13.2 Å². The van der Waals surface area contributed by atoms with Gasteiger partial charge in [0.1, 0.15) is 6.10 Å². The third-order valence-corrected chi connectivity index (χ3v) is 2.91. The van der Waals surface area contributed by atoms with Crippen molar-refractivity contribution in [3.05, 3.63) is 0 Å². The molecule has 0 N–H and O–H groups in total. The van der Waals surface area contributed by atoms with E-state index in [4.69, 9.17) is 9.16 Å². The molecule has 0 bridgehead atoms. The third-order valence-electron chi connectivity index (χ3n) is 1.60. The summed E-state index contributed by atoms with van der Waals surface area (Å²) in [5, 5.41) is 0. The minimum atomic E-state index is -0.182.